The molecule has 2 N–H and O–H groups in total. The number of nitrogens with one attached hydrogen (secondary N) is 2. The molecule has 0 spiro atoms. The van der Waals surface area contributed by atoms with Gasteiger partial charge in [-0.2, -0.15) is 0 Å². The van der Waals surface area contributed by atoms with E-state index < -0.39 is 0 Å². The summed E-state index contributed by atoms with van der Waals surface area (Å²) in [6, 6.07) is 0. The van der Waals surface area contributed by atoms with Gasteiger partial charge in [0, 0.05) is 0 Å². The molecule has 1 rings (SSSR count). The molecule has 0 amide bonds. The molecule has 1 aliphatic heterocycles. The highest BCUT2D eigenvalue weighted by molar-refractivity contribution is 7.84. The van der Waals surface area contributed by atoms with Crippen LogP contribution in [0.5, 0.6) is 0 Å². The molecule has 0 bridgehead atoms. The third kappa shape index (κ3) is 1.67. The van der Waals surface area contributed by atoms with Crippen molar-refractivity contribution in [3.63, 3.8) is 0 Å². The fraction of sp³-hybridized carbons (Fsp3) is 0.333. The van der Waals surface area contributed by atoms with Crippen molar-refractivity contribution < 1.29 is 0 Å². The Bertz CT molecular complexity index is 156. The summed E-state index contributed by atoms with van der Waals surface area (Å²) < 4.78 is 1.56. The highest BCUT2D eigenvalue weighted by atomic mass is 32.1. The molecule has 0 aliphatic carbocycles. The molecule has 0 atom stereocenters. The van der Waals surface area contributed by atoms with Crippen molar-refractivity contribution in [2.45, 2.75) is 0 Å². The molecule has 0 unspecified atom stereocenters. The van der Waals surface area contributed by atoms with Crippen LogP contribution in [-0.4, -0.2) is 21.2 Å². The average molecular weight is 179 g/mol. The molecular formula is C3H5N3S3. The number of hydrogen-bond donors (Lipinski definition) is 3. The van der Waals surface area contributed by atoms with Crippen LogP contribution >= 0.6 is 37.3 Å². The van der Waals surface area contributed by atoms with Crippen molar-refractivity contribution in [1.82, 2.24) is 14.9 Å². The van der Waals surface area contributed by atoms with Gasteiger partial charge in [-0.25, -0.2) is 0 Å². The van der Waals surface area contributed by atoms with E-state index in [1.807, 2.05) is 0 Å². The first-order valence-electron chi connectivity index (χ1n) is 2.25. The Hall–Kier alpha value is -0.0700. The van der Waals surface area contributed by atoms with E-state index in [0.717, 1.165) is 0 Å². The summed E-state index contributed by atoms with van der Waals surface area (Å²) in [4.78, 5) is 0. The predicted molar refractivity (Wildman–Crippen MR) is 47.2 cm³/mol. The van der Waals surface area contributed by atoms with E-state index in [9.17, 15) is 0 Å². The molecule has 6 heteroatoms. The summed E-state index contributed by atoms with van der Waals surface area (Å²) >= 11 is 13.6. The van der Waals surface area contributed by atoms with Crippen molar-refractivity contribution in [3.8, 4) is 0 Å². The van der Waals surface area contributed by atoms with E-state index >= 15 is 0 Å². The van der Waals surface area contributed by atoms with Gasteiger partial charge in [-0.3, -0.25) is 4.31 Å². The van der Waals surface area contributed by atoms with Gasteiger partial charge in [0.15, 0.2) is 10.2 Å². The van der Waals surface area contributed by atoms with Crippen LogP contribution in [0.4, 0.5) is 0 Å². The number of nitrogens with zero attached hydrogens (tertiary/aromatic N) is 1. The second kappa shape index (κ2) is 2.68. The zero-order valence-electron chi connectivity index (χ0n) is 4.42. The van der Waals surface area contributed by atoms with E-state index in [-0.39, 0.29) is 0 Å². The lowest BCUT2D eigenvalue weighted by Gasteiger charge is -2.26. The molecule has 3 nitrogen and oxygen atoms in total. The second-order valence-corrected chi connectivity index (χ2v) is 2.77. The van der Waals surface area contributed by atoms with E-state index in [4.69, 9.17) is 24.4 Å². The normalized spacial score (nSPS) is 19.0. The summed E-state index contributed by atoms with van der Waals surface area (Å²) in [6.45, 7) is 0.563. The molecule has 0 aromatic heterocycles. The van der Waals surface area contributed by atoms with E-state index in [2.05, 4.69) is 23.4 Å². The number of rotatable bonds is 0. The highest BCUT2D eigenvalue weighted by Gasteiger charge is 2.11. The number of hydrogen-bond acceptors (Lipinski definition) is 3. The first-order valence-corrected chi connectivity index (χ1v) is 3.47. The summed E-state index contributed by atoms with van der Waals surface area (Å²) in [6.07, 6.45) is 0. The molecule has 0 radical (unpaired) electrons. The van der Waals surface area contributed by atoms with Crippen LogP contribution in [0.3, 0.4) is 0 Å². The minimum atomic E-state index is 0.544. The Morgan fingerprint density at radius 2 is 2.22 bits per heavy atom. The van der Waals surface area contributed by atoms with Gasteiger partial charge in [0.25, 0.3) is 0 Å². The van der Waals surface area contributed by atoms with Crippen molar-refractivity contribution in [2.24, 2.45) is 0 Å². The lowest BCUT2D eigenvalue weighted by Crippen LogP contribution is -2.53. The Morgan fingerprint density at radius 1 is 1.56 bits per heavy atom. The van der Waals surface area contributed by atoms with Crippen LogP contribution in [0.2, 0.25) is 0 Å². The topological polar surface area (TPSA) is 27.3 Å². The van der Waals surface area contributed by atoms with Gasteiger partial charge in [0.05, 0.1) is 0 Å². The minimum Gasteiger partial charge on any atom is -0.344 e. The van der Waals surface area contributed by atoms with Gasteiger partial charge in [-0.1, -0.05) is 12.8 Å². The summed E-state index contributed by atoms with van der Waals surface area (Å²) in [5.74, 6) is 0. The van der Waals surface area contributed by atoms with Crippen LogP contribution < -0.4 is 10.6 Å². The van der Waals surface area contributed by atoms with Crippen molar-refractivity contribution in [1.29, 1.82) is 0 Å². The monoisotopic (exact) mass is 179 g/mol. The van der Waals surface area contributed by atoms with Crippen molar-refractivity contribution in [2.75, 3.05) is 6.67 Å². The Balaban J connectivity index is 2.54. The van der Waals surface area contributed by atoms with Crippen LogP contribution in [0, 0.1) is 0 Å². The molecule has 0 aromatic carbocycles. The lowest BCUT2D eigenvalue weighted by atomic mass is 10.8. The molecule has 50 valence electrons. The standard InChI is InChI=1S/C3H5N3S3/c7-2-4-1-6(9)3(8)5-2/h9H,1H2,(H2,4,5,7,8). The van der Waals surface area contributed by atoms with Gasteiger partial charge in [-0.15, -0.1) is 0 Å². The Labute approximate surface area is 69.3 Å². The molecular weight excluding hydrogens is 174 g/mol. The maximum absolute atomic E-state index is 4.82. The Morgan fingerprint density at radius 3 is 2.67 bits per heavy atom. The van der Waals surface area contributed by atoms with Gasteiger partial charge in [0.1, 0.15) is 6.67 Å². The van der Waals surface area contributed by atoms with Crippen LogP contribution in [0.1, 0.15) is 0 Å². The number of thiol groups is 1. The Kier molecular flexibility index (Phi) is 2.09. The van der Waals surface area contributed by atoms with Gasteiger partial charge in [-0.05, 0) is 24.4 Å². The third-order valence-corrected chi connectivity index (χ3v) is 1.89. The highest BCUT2D eigenvalue weighted by Crippen LogP contribution is 1.95. The fourth-order valence-corrected chi connectivity index (χ4v) is 0.937. The molecule has 1 fully saturated rings. The van der Waals surface area contributed by atoms with Gasteiger partial charge >= 0.3 is 0 Å². The fourth-order valence-electron chi connectivity index (χ4n) is 0.424. The van der Waals surface area contributed by atoms with E-state index in [1.54, 1.807) is 4.31 Å². The molecule has 1 heterocycles. The van der Waals surface area contributed by atoms with Crippen LogP contribution in [0.25, 0.3) is 0 Å². The van der Waals surface area contributed by atoms with Crippen LogP contribution in [0.15, 0.2) is 0 Å². The largest absolute Gasteiger partial charge is 0.344 e. The van der Waals surface area contributed by atoms with E-state index in [0.29, 0.717) is 16.9 Å². The SMILES string of the molecule is S=C1NCN(S)C(=S)N1. The zero-order valence-corrected chi connectivity index (χ0v) is 6.95. The molecule has 0 saturated carbocycles. The van der Waals surface area contributed by atoms with Gasteiger partial charge < -0.3 is 10.6 Å². The molecule has 9 heavy (non-hydrogen) atoms. The molecule has 1 saturated heterocycles. The predicted octanol–water partition coefficient (Wildman–Crippen LogP) is -0.147. The minimum absolute atomic E-state index is 0.544. The maximum atomic E-state index is 4.82. The summed E-state index contributed by atoms with van der Waals surface area (Å²) in [7, 11) is 0. The zero-order chi connectivity index (χ0) is 6.85. The van der Waals surface area contributed by atoms with Crippen molar-refractivity contribution >= 4 is 47.5 Å². The first-order chi connectivity index (χ1) is 4.20. The first kappa shape index (κ1) is 7.04. The summed E-state index contributed by atoms with van der Waals surface area (Å²) in [5.41, 5.74) is 0. The van der Waals surface area contributed by atoms with E-state index in [1.165, 1.54) is 0 Å². The van der Waals surface area contributed by atoms with Gasteiger partial charge in [0.2, 0.25) is 0 Å². The van der Waals surface area contributed by atoms with Crippen LogP contribution in [-0.2, 0) is 0 Å². The smallest absolute Gasteiger partial charge is 0.186 e. The number of thiocarbonyl (C=S) groups is 2. The summed E-state index contributed by atoms with van der Waals surface area (Å²) in [5, 5.41) is 6.68. The molecule has 1 aliphatic rings. The quantitative estimate of drug-likeness (QED) is 0.355. The maximum Gasteiger partial charge on any atom is 0.186 e. The lowest BCUT2D eigenvalue weighted by molar-refractivity contribution is 0.617. The third-order valence-electron chi connectivity index (χ3n) is 0.844. The second-order valence-electron chi connectivity index (χ2n) is 1.49. The average Bonchev–Trinajstić information content (AvgIpc) is 1.80. The van der Waals surface area contributed by atoms with Crippen molar-refractivity contribution in [3.05, 3.63) is 0 Å². The molecule has 0 aromatic rings.